The zero-order valence-corrected chi connectivity index (χ0v) is 16.3. The third kappa shape index (κ3) is 3.97. The van der Waals surface area contributed by atoms with Crippen molar-refractivity contribution in [2.24, 2.45) is 5.92 Å². The number of nitrogens with zero attached hydrogens (tertiary/aromatic N) is 2. The summed E-state index contributed by atoms with van der Waals surface area (Å²) in [6, 6.07) is 6.66. The molecular formula is C21H25N3O5. The SMILES string of the molecule is O=C(Cn1[nH]c(=O)c2ccccc2c1=O)OCC(=O)N1CCC[C@@H]2CCCC[C@H]21. The topological polar surface area (TPSA) is 101 Å². The van der Waals surface area contributed by atoms with E-state index in [0.29, 0.717) is 12.5 Å². The highest BCUT2D eigenvalue weighted by molar-refractivity contribution is 5.82. The summed E-state index contributed by atoms with van der Waals surface area (Å²) in [6.07, 6.45) is 6.66. The summed E-state index contributed by atoms with van der Waals surface area (Å²) in [5.74, 6) is -0.365. The first-order valence-electron chi connectivity index (χ1n) is 10.2. The van der Waals surface area contributed by atoms with Crippen LogP contribution >= 0.6 is 0 Å². The van der Waals surface area contributed by atoms with Gasteiger partial charge in [0.15, 0.2) is 6.61 Å². The maximum absolute atomic E-state index is 12.6. The standard InChI is InChI=1S/C21H25N3O5/c25-18(23-11-5-7-14-6-1-4-10-17(14)23)13-29-19(26)12-24-21(28)16-9-3-2-8-15(16)20(27)22-24/h2-3,8-9,14,17H,1,4-7,10-13H2,(H,22,27)/t14-,17+/m0/s1. The number of hydrogen-bond acceptors (Lipinski definition) is 5. The van der Waals surface area contributed by atoms with Gasteiger partial charge in [-0.25, -0.2) is 4.68 Å². The van der Waals surface area contributed by atoms with E-state index in [1.165, 1.54) is 12.5 Å². The van der Waals surface area contributed by atoms with Gasteiger partial charge in [0.25, 0.3) is 17.0 Å². The largest absolute Gasteiger partial charge is 0.454 e. The van der Waals surface area contributed by atoms with Gasteiger partial charge in [0.2, 0.25) is 0 Å². The Morgan fingerprint density at radius 3 is 2.59 bits per heavy atom. The summed E-state index contributed by atoms with van der Waals surface area (Å²) in [4.78, 5) is 51.3. The lowest BCUT2D eigenvalue weighted by Gasteiger charge is -2.44. The smallest absolute Gasteiger partial charge is 0.328 e. The number of esters is 1. The predicted molar refractivity (Wildman–Crippen MR) is 106 cm³/mol. The van der Waals surface area contributed by atoms with Gasteiger partial charge >= 0.3 is 5.97 Å². The number of amides is 1. The van der Waals surface area contributed by atoms with Crippen LogP contribution in [-0.4, -0.2) is 45.8 Å². The number of piperidine rings is 1. The minimum Gasteiger partial charge on any atom is -0.454 e. The minimum atomic E-state index is -0.733. The number of aromatic nitrogens is 2. The Labute approximate surface area is 167 Å². The van der Waals surface area contributed by atoms with E-state index in [0.717, 1.165) is 36.8 Å². The molecule has 1 aliphatic carbocycles. The van der Waals surface area contributed by atoms with E-state index in [2.05, 4.69) is 5.10 Å². The Morgan fingerprint density at radius 1 is 1.03 bits per heavy atom. The molecule has 8 heteroatoms. The Balaban J connectivity index is 1.40. The third-order valence-electron chi connectivity index (χ3n) is 6.09. The summed E-state index contributed by atoms with van der Waals surface area (Å²) in [5, 5.41) is 2.89. The van der Waals surface area contributed by atoms with Gasteiger partial charge in [-0.2, -0.15) is 0 Å². The van der Waals surface area contributed by atoms with Crippen LogP contribution in [0.2, 0.25) is 0 Å². The van der Waals surface area contributed by atoms with Crippen molar-refractivity contribution >= 4 is 22.6 Å². The van der Waals surface area contributed by atoms with Gasteiger partial charge in [0, 0.05) is 12.6 Å². The number of hydrogen-bond donors (Lipinski definition) is 1. The first-order valence-corrected chi connectivity index (χ1v) is 10.2. The van der Waals surface area contributed by atoms with Crippen molar-refractivity contribution < 1.29 is 14.3 Å². The number of aromatic amines is 1. The summed E-state index contributed by atoms with van der Waals surface area (Å²) >= 11 is 0. The molecule has 2 fully saturated rings. The zero-order valence-electron chi connectivity index (χ0n) is 16.3. The highest BCUT2D eigenvalue weighted by Crippen LogP contribution is 2.35. The van der Waals surface area contributed by atoms with Crippen LogP contribution in [0.1, 0.15) is 38.5 Å². The van der Waals surface area contributed by atoms with Crippen LogP contribution in [0.4, 0.5) is 0 Å². The Bertz CT molecular complexity index is 1040. The normalized spacial score (nSPS) is 21.6. The maximum Gasteiger partial charge on any atom is 0.328 e. The van der Waals surface area contributed by atoms with E-state index in [1.807, 2.05) is 4.90 Å². The Hall–Kier alpha value is -2.90. The van der Waals surface area contributed by atoms with Gasteiger partial charge in [-0.3, -0.25) is 24.3 Å². The van der Waals surface area contributed by atoms with Crippen LogP contribution in [0.25, 0.3) is 10.8 Å². The number of nitrogens with one attached hydrogen (secondary N) is 1. The van der Waals surface area contributed by atoms with Crippen molar-refractivity contribution in [1.29, 1.82) is 0 Å². The fourth-order valence-corrected chi connectivity index (χ4v) is 4.69. The molecule has 4 rings (SSSR count). The minimum absolute atomic E-state index is 0.186. The summed E-state index contributed by atoms with van der Waals surface area (Å²) in [7, 11) is 0. The number of carbonyl (C=O) groups excluding carboxylic acids is 2. The molecule has 2 heterocycles. The lowest BCUT2D eigenvalue weighted by Crippen LogP contribution is -2.51. The number of rotatable bonds is 4. The number of ether oxygens (including phenoxy) is 1. The molecular weight excluding hydrogens is 374 g/mol. The maximum atomic E-state index is 12.6. The Morgan fingerprint density at radius 2 is 1.76 bits per heavy atom. The molecule has 2 atom stereocenters. The number of likely N-dealkylation sites (tertiary alicyclic amines) is 1. The molecule has 0 bridgehead atoms. The second-order valence-electron chi connectivity index (χ2n) is 7.88. The van der Waals surface area contributed by atoms with E-state index < -0.39 is 23.6 Å². The van der Waals surface area contributed by atoms with Crippen LogP contribution in [-0.2, 0) is 20.9 Å². The fourth-order valence-electron chi connectivity index (χ4n) is 4.69. The molecule has 29 heavy (non-hydrogen) atoms. The molecule has 2 aliphatic rings. The third-order valence-corrected chi connectivity index (χ3v) is 6.09. The van der Waals surface area contributed by atoms with Crippen LogP contribution in [0.15, 0.2) is 33.9 Å². The first kappa shape index (κ1) is 19.4. The van der Waals surface area contributed by atoms with Gasteiger partial charge in [-0.05, 0) is 43.7 Å². The molecule has 0 spiro atoms. The molecule has 1 saturated heterocycles. The van der Waals surface area contributed by atoms with Gasteiger partial charge in [-0.15, -0.1) is 0 Å². The van der Waals surface area contributed by atoms with E-state index in [9.17, 15) is 19.2 Å². The van der Waals surface area contributed by atoms with Crippen LogP contribution in [0.3, 0.4) is 0 Å². The molecule has 1 saturated carbocycles. The molecule has 0 radical (unpaired) electrons. The molecule has 2 aromatic rings. The van der Waals surface area contributed by atoms with Crippen molar-refractivity contribution in [3.05, 3.63) is 45.0 Å². The number of H-pyrrole nitrogens is 1. The number of fused-ring (bicyclic) bond motifs is 2. The van der Waals surface area contributed by atoms with Gasteiger partial charge < -0.3 is 9.64 Å². The molecule has 0 unspecified atom stereocenters. The zero-order chi connectivity index (χ0) is 20.4. The van der Waals surface area contributed by atoms with Crippen LogP contribution in [0, 0.1) is 5.92 Å². The highest BCUT2D eigenvalue weighted by Gasteiger charge is 2.35. The van der Waals surface area contributed by atoms with Crippen LogP contribution in [0.5, 0.6) is 0 Å². The molecule has 154 valence electrons. The summed E-state index contributed by atoms with van der Waals surface area (Å²) in [6.45, 7) is -0.0815. The second kappa shape index (κ2) is 8.23. The number of benzene rings is 1. The fraction of sp³-hybridized carbons (Fsp3) is 0.524. The van der Waals surface area contributed by atoms with Crippen molar-refractivity contribution in [2.45, 2.75) is 51.1 Å². The van der Waals surface area contributed by atoms with Crippen molar-refractivity contribution in [3.8, 4) is 0 Å². The van der Waals surface area contributed by atoms with Crippen molar-refractivity contribution in [1.82, 2.24) is 14.7 Å². The van der Waals surface area contributed by atoms with Crippen LogP contribution < -0.4 is 11.1 Å². The van der Waals surface area contributed by atoms with E-state index in [4.69, 9.17) is 4.74 Å². The highest BCUT2D eigenvalue weighted by atomic mass is 16.5. The van der Waals surface area contributed by atoms with Crippen molar-refractivity contribution in [3.63, 3.8) is 0 Å². The molecule has 1 aliphatic heterocycles. The summed E-state index contributed by atoms with van der Waals surface area (Å²) < 4.78 is 6.06. The van der Waals surface area contributed by atoms with Gasteiger partial charge in [-0.1, -0.05) is 25.0 Å². The van der Waals surface area contributed by atoms with E-state index in [-0.39, 0.29) is 29.3 Å². The summed E-state index contributed by atoms with van der Waals surface area (Å²) in [5.41, 5.74) is -0.940. The average Bonchev–Trinajstić information content (AvgIpc) is 2.75. The van der Waals surface area contributed by atoms with Gasteiger partial charge in [0.05, 0.1) is 10.8 Å². The van der Waals surface area contributed by atoms with E-state index in [1.54, 1.807) is 18.2 Å². The van der Waals surface area contributed by atoms with Gasteiger partial charge in [0.1, 0.15) is 6.54 Å². The molecule has 8 nitrogen and oxygen atoms in total. The lowest BCUT2D eigenvalue weighted by atomic mass is 9.78. The molecule has 1 aromatic heterocycles. The molecule has 1 N–H and O–H groups in total. The van der Waals surface area contributed by atoms with E-state index >= 15 is 0 Å². The number of carbonyl (C=O) groups is 2. The lowest BCUT2D eigenvalue weighted by molar-refractivity contribution is -0.155. The Kier molecular flexibility index (Phi) is 5.51. The average molecular weight is 399 g/mol. The predicted octanol–water partition coefficient (Wildman–Crippen LogP) is 1.41. The quantitative estimate of drug-likeness (QED) is 0.784. The monoisotopic (exact) mass is 399 g/mol. The molecule has 1 aromatic carbocycles. The second-order valence-corrected chi connectivity index (χ2v) is 7.88. The van der Waals surface area contributed by atoms with Crippen molar-refractivity contribution in [2.75, 3.05) is 13.2 Å². The molecule has 1 amide bonds. The first-order chi connectivity index (χ1) is 14.0.